The molecule has 1 aliphatic rings. The van der Waals surface area contributed by atoms with Gasteiger partial charge in [-0.25, -0.2) is 4.39 Å². The molecular formula is C15H20FNO3. The summed E-state index contributed by atoms with van der Waals surface area (Å²) in [6.07, 6.45) is 1.62. The number of hydrogen-bond donors (Lipinski definition) is 0. The van der Waals surface area contributed by atoms with Gasteiger partial charge in [0.15, 0.2) is 11.6 Å². The first-order chi connectivity index (χ1) is 9.70. The first-order valence-corrected chi connectivity index (χ1v) is 6.88. The van der Waals surface area contributed by atoms with Crippen molar-refractivity contribution in [2.45, 2.75) is 12.8 Å². The molecule has 5 heteroatoms. The highest BCUT2D eigenvalue weighted by atomic mass is 19.1. The number of likely N-dealkylation sites (tertiary alicyclic amines) is 1. The molecule has 0 atom stereocenters. The molecule has 4 nitrogen and oxygen atoms in total. The largest absolute Gasteiger partial charge is 0.489 e. The Kier molecular flexibility index (Phi) is 5.35. The van der Waals surface area contributed by atoms with E-state index in [0.717, 1.165) is 32.5 Å². The average Bonchev–Trinajstić information content (AvgIpc) is 2.49. The molecule has 1 aliphatic heterocycles. The second-order valence-electron chi connectivity index (χ2n) is 4.92. The number of ether oxygens (including phenoxy) is 2. The smallest absolute Gasteiger partial charge is 0.308 e. The summed E-state index contributed by atoms with van der Waals surface area (Å²) < 4.78 is 23.5. The quantitative estimate of drug-likeness (QED) is 0.775. The van der Waals surface area contributed by atoms with E-state index in [2.05, 4.69) is 4.90 Å². The number of carbonyl (C=O) groups is 1. The van der Waals surface area contributed by atoms with Crippen molar-refractivity contribution in [3.8, 4) is 5.75 Å². The maximum absolute atomic E-state index is 13.3. The highest BCUT2D eigenvalue weighted by Crippen LogP contribution is 2.19. The molecule has 1 heterocycles. The fraction of sp³-hybridized carbons (Fsp3) is 0.533. The fourth-order valence-electron chi connectivity index (χ4n) is 2.41. The van der Waals surface area contributed by atoms with Crippen LogP contribution in [0.15, 0.2) is 24.3 Å². The molecule has 1 aromatic rings. The van der Waals surface area contributed by atoms with E-state index in [1.165, 1.54) is 13.2 Å². The monoisotopic (exact) mass is 281 g/mol. The summed E-state index contributed by atoms with van der Waals surface area (Å²) in [6, 6.07) is 6.40. The van der Waals surface area contributed by atoms with Crippen molar-refractivity contribution >= 4 is 5.97 Å². The SMILES string of the molecule is COC(=O)C1CCN(CCOc2ccccc2F)CC1. The summed E-state index contributed by atoms with van der Waals surface area (Å²) >= 11 is 0. The number of methoxy groups -OCH3 is 1. The summed E-state index contributed by atoms with van der Waals surface area (Å²) in [5, 5.41) is 0. The van der Waals surface area contributed by atoms with Crippen LogP contribution in [-0.2, 0) is 9.53 Å². The van der Waals surface area contributed by atoms with Crippen molar-refractivity contribution in [1.82, 2.24) is 4.90 Å². The molecule has 0 radical (unpaired) electrons. The van der Waals surface area contributed by atoms with Gasteiger partial charge >= 0.3 is 5.97 Å². The zero-order valence-electron chi connectivity index (χ0n) is 11.7. The van der Waals surface area contributed by atoms with Gasteiger partial charge in [-0.3, -0.25) is 9.69 Å². The standard InChI is InChI=1S/C15H20FNO3/c1-19-15(18)12-6-8-17(9-7-12)10-11-20-14-5-3-2-4-13(14)16/h2-5,12H,6-11H2,1H3. The van der Waals surface area contributed by atoms with Crippen LogP contribution < -0.4 is 4.74 Å². The minimum atomic E-state index is -0.336. The molecular weight excluding hydrogens is 261 g/mol. The second-order valence-corrected chi connectivity index (χ2v) is 4.92. The predicted octanol–water partition coefficient (Wildman–Crippen LogP) is 2.09. The maximum atomic E-state index is 13.3. The summed E-state index contributed by atoms with van der Waals surface area (Å²) in [5.41, 5.74) is 0. The van der Waals surface area contributed by atoms with Crippen LogP contribution in [0.3, 0.4) is 0 Å². The van der Waals surface area contributed by atoms with Gasteiger partial charge in [-0.15, -0.1) is 0 Å². The molecule has 2 rings (SSSR count). The lowest BCUT2D eigenvalue weighted by atomic mass is 9.97. The van der Waals surface area contributed by atoms with Crippen LogP contribution in [0.2, 0.25) is 0 Å². The Morgan fingerprint density at radius 2 is 2.05 bits per heavy atom. The van der Waals surface area contributed by atoms with E-state index in [0.29, 0.717) is 6.61 Å². The zero-order chi connectivity index (χ0) is 14.4. The van der Waals surface area contributed by atoms with Crippen LogP contribution in [-0.4, -0.2) is 44.2 Å². The summed E-state index contributed by atoms with van der Waals surface area (Å²) in [7, 11) is 1.43. The molecule has 1 aromatic carbocycles. The van der Waals surface area contributed by atoms with Crippen LogP contribution in [0, 0.1) is 11.7 Å². The lowest BCUT2D eigenvalue weighted by Gasteiger charge is -2.30. The van der Waals surface area contributed by atoms with Crippen molar-refractivity contribution in [3.05, 3.63) is 30.1 Å². The Morgan fingerprint density at radius 3 is 2.70 bits per heavy atom. The number of hydrogen-bond acceptors (Lipinski definition) is 4. The normalized spacial score (nSPS) is 16.9. The van der Waals surface area contributed by atoms with Crippen LogP contribution in [0.4, 0.5) is 4.39 Å². The van der Waals surface area contributed by atoms with Gasteiger partial charge < -0.3 is 9.47 Å². The Bertz CT molecular complexity index is 444. The summed E-state index contributed by atoms with van der Waals surface area (Å²) in [5.74, 6) is -0.148. The van der Waals surface area contributed by atoms with Crippen molar-refractivity contribution in [3.63, 3.8) is 0 Å². The van der Waals surface area contributed by atoms with Crippen molar-refractivity contribution < 1.29 is 18.7 Å². The number of benzene rings is 1. The number of rotatable bonds is 5. The highest BCUT2D eigenvalue weighted by Gasteiger charge is 2.25. The maximum Gasteiger partial charge on any atom is 0.308 e. The Morgan fingerprint density at radius 1 is 1.35 bits per heavy atom. The molecule has 0 aromatic heterocycles. The lowest BCUT2D eigenvalue weighted by molar-refractivity contribution is -0.147. The molecule has 0 spiro atoms. The number of esters is 1. The Balaban J connectivity index is 1.69. The summed E-state index contributed by atoms with van der Waals surface area (Å²) in [6.45, 7) is 2.88. The first-order valence-electron chi connectivity index (χ1n) is 6.88. The molecule has 0 N–H and O–H groups in total. The molecule has 0 amide bonds. The van der Waals surface area contributed by atoms with E-state index in [4.69, 9.17) is 9.47 Å². The van der Waals surface area contributed by atoms with Crippen LogP contribution in [0.25, 0.3) is 0 Å². The molecule has 0 aliphatic carbocycles. The highest BCUT2D eigenvalue weighted by molar-refractivity contribution is 5.72. The van der Waals surface area contributed by atoms with Crippen molar-refractivity contribution in [2.75, 3.05) is 33.4 Å². The van der Waals surface area contributed by atoms with Gasteiger partial charge in [0, 0.05) is 6.54 Å². The number of nitrogens with zero attached hydrogens (tertiary/aromatic N) is 1. The number of piperidine rings is 1. The van der Waals surface area contributed by atoms with E-state index < -0.39 is 0 Å². The lowest BCUT2D eigenvalue weighted by Crippen LogP contribution is -2.38. The Labute approximate surface area is 118 Å². The number of carbonyl (C=O) groups excluding carboxylic acids is 1. The fourth-order valence-corrected chi connectivity index (χ4v) is 2.41. The van der Waals surface area contributed by atoms with E-state index >= 15 is 0 Å². The van der Waals surface area contributed by atoms with Gasteiger partial charge in [-0.05, 0) is 38.1 Å². The van der Waals surface area contributed by atoms with Crippen LogP contribution >= 0.6 is 0 Å². The zero-order valence-corrected chi connectivity index (χ0v) is 11.7. The van der Waals surface area contributed by atoms with Gasteiger partial charge in [-0.1, -0.05) is 12.1 Å². The van der Waals surface area contributed by atoms with Gasteiger partial charge in [0.25, 0.3) is 0 Å². The Hall–Kier alpha value is -1.62. The number of para-hydroxylation sites is 1. The predicted molar refractivity (Wildman–Crippen MR) is 73.1 cm³/mol. The van der Waals surface area contributed by atoms with Gasteiger partial charge in [0.1, 0.15) is 6.61 Å². The molecule has 1 fully saturated rings. The van der Waals surface area contributed by atoms with E-state index in [9.17, 15) is 9.18 Å². The molecule has 20 heavy (non-hydrogen) atoms. The molecule has 0 saturated carbocycles. The van der Waals surface area contributed by atoms with Crippen molar-refractivity contribution in [1.29, 1.82) is 0 Å². The third kappa shape index (κ3) is 3.93. The van der Waals surface area contributed by atoms with E-state index in [1.54, 1.807) is 18.2 Å². The van der Waals surface area contributed by atoms with E-state index in [1.807, 2.05) is 0 Å². The topological polar surface area (TPSA) is 38.8 Å². The molecule has 0 unspecified atom stereocenters. The average molecular weight is 281 g/mol. The second kappa shape index (κ2) is 7.24. The first kappa shape index (κ1) is 14.8. The van der Waals surface area contributed by atoms with E-state index in [-0.39, 0.29) is 23.5 Å². The minimum Gasteiger partial charge on any atom is -0.489 e. The minimum absolute atomic E-state index is 0.0173. The van der Waals surface area contributed by atoms with Gasteiger partial charge in [-0.2, -0.15) is 0 Å². The summed E-state index contributed by atoms with van der Waals surface area (Å²) in [4.78, 5) is 13.6. The molecule has 1 saturated heterocycles. The molecule has 110 valence electrons. The number of halogens is 1. The van der Waals surface area contributed by atoms with Gasteiger partial charge in [0.05, 0.1) is 13.0 Å². The van der Waals surface area contributed by atoms with Crippen LogP contribution in [0.1, 0.15) is 12.8 Å². The van der Waals surface area contributed by atoms with Gasteiger partial charge in [0.2, 0.25) is 0 Å². The van der Waals surface area contributed by atoms with Crippen LogP contribution in [0.5, 0.6) is 5.75 Å². The third-order valence-corrected chi connectivity index (χ3v) is 3.62. The molecule has 0 bridgehead atoms. The van der Waals surface area contributed by atoms with Crippen molar-refractivity contribution in [2.24, 2.45) is 5.92 Å². The third-order valence-electron chi connectivity index (χ3n) is 3.62.